The second-order valence-electron chi connectivity index (χ2n) is 5.35. The average molecular weight is 287 g/mol. The molecule has 0 spiro atoms. The molecule has 1 amide bonds. The van der Waals surface area contributed by atoms with E-state index in [9.17, 15) is 9.90 Å². The van der Waals surface area contributed by atoms with E-state index in [1.165, 1.54) is 0 Å². The molecule has 0 saturated carbocycles. The molecule has 1 aliphatic rings. The summed E-state index contributed by atoms with van der Waals surface area (Å²) in [7, 11) is 0. The number of aryl methyl sites for hydroxylation is 1. The van der Waals surface area contributed by atoms with E-state index in [-0.39, 0.29) is 12.5 Å². The lowest BCUT2D eigenvalue weighted by atomic mass is 10.0. The number of hydrogen-bond donors (Lipinski definition) is 2. The van der Waals surface area contributed by atoms with Gasteiger partial charge in [-0.05, 0) is 37.5 Å². The number of nitrogens with zero attached hydrogens (tertiary/aromatic N) is 1. The summed E-state index contributed by atoms with van der Waals surface area (Å²) in [6.45, 7) is 3.03. The molecule has 1 heterocycles. The van der Waals surface area contributed by atoms with Gasteiger partial charge in [0.1, 0.15) is 0 Å². The number of hydrogen-bond acceptors (Lipinski definition) is 3. The highest BCUT2D eigenvalue weighted by atomic mass is 16.3. The number of amides is 1. The van der Waals surface area contributed by atoms with E-state index in [2.05, 4.69) is 11.8 Å². The molecule has 1 aliphatic heterocycles. The molecule has 2 N–H and O–H groups in total. The molecule has 1 saturated heterocycles. The van der Waals surface area contributed by atoms with Crippen LogP contribution in [0.5, 0.6) is 0 Å². The molecule has 0 aromatic heterocycles. The monoisotopic (exact) mass is 287 g/mol. The maximum Gasteiger partial charge on any atom is 0.254 e. The van der Waals surface area contributed by atoms with Crippen molar-refractivity contribution in [1.29, 1.82) is 0 Å². The van der Waals surface area contributed by atoms with Crippen LogP contribution in [0.4, 0.5) is 0 Å². The number of β-amino-alcohol motifs (C(OH)–C–C–N with tert-alkyl or cyclic N) is 1. The fraction of sp³-hybridized carbons (Fsp3) is 0.471. The molecule has 1 aromatic rings. The lowest BCUT2D eigenvalue weighted by molar-refractivity contribution is 0.0473. The molecule has 1 aromatic carbocycles. The van der Waals surface area contributed by atoms with Gasteiger partial charge in [-0.25, -0.2) is 0 Å². The van der Waals surface area contributed by atoms with Gasteiger partial charge < -0.3 is 15.1 Å². The quantitative estimate of drug-likeness (QED) is 0.807. The molecule has 0 bridgehead atoms. The summed E-state index contributed by atoms with van der Waals surface area (Å²) >= 11 is 0. The molecule has 1 fully saturated rings. The van der Waals surface area contributed by atoms with Gasteiger partial charge >= 0.3 is 0 Å². The van der Waals surface area contributed by atoms with Crippen LogP contribution in [0.25, 0.3) is 0 Å². The lowest BCUT2D eigenvalue weighted by Crippen LogP contribution is -2.42. The second kappa shape index (κ2) is 7.26. The Balaban J connectivity index is 2.20. The topological polar surface area (TPSA) is 60.8 Å². The predicted octanol–water partition coefficient (Wildman–Crippen LogP) is 1.33. The Kier molecular flexibility index (Phi) is 5.38. The number of piperidine rings is 1. The van der Waals surface area contributed by atoms with Crippen LogP contribution in [0, 0.1) is 18.8 Å². The Hall–Kier alpha value is -1.83. The highest BCUT2D eigenvalue weighted by Crippen LogP contribution is 2.17. The maximum absolute atomic E-state index is 12.6. The third-order valence-corrected chi connectivity index (χ3v) is 3.62. The Labute approximate surface area is 125 Å². The van der Waals surface area contributed by atoms with E-state index >= 15 is 0 Å². The smallest absolute Gasteiger partial charge is 0.254 e. The van der Waals surface area contributed by atoms with Gasteiger partial charge in [-0.3, -0.25) is 4.79 Å². The van der Waals surface area contributed by atoms with E-state index in [0.717, 1.165) is 24.0 Å². The molecular formula is C17H21NO3. The first kappa shape index (κ1) is 15.6. The van der Waals surface area contributed by atoms with Crippen LogP contribution < -0.4 is 0 Å². The summed E-state index contributed by atoms with van der Waals surface area (Å²) < 4.78 is 0. The SMILES string of the molecule is Cc1ccc(C#CCCO)cc1C(=O)N1CCCC(O)C1. The summed E-state index contributed by atoms with van der Waals surface area (Å²) in [4.78, 5) is 14.3. The number of rotatable bonds is 2. The van der Waals surface area contributed by atoms with Crippen molar-refractivity contribution in [2.45, 2.75) is 32.3 Å². The predicted molar refractivity (Wildman–Crippen MR) is 80.9 cm³/mol. The van der Waals surface area contributed by atoms with Crippen molar-refractivity contribution < 1.29 is 15.0 Å². The average Bonchev–Trinajstić information content (AvgIpc) is 2.48. The van der Waals surface area contributed by atoms with Crippen molar-refractivity contribution in [2.24, 2.45) is 0 Å². The summed E-state index contributed by atoms with van der Waals surface area (Å²) in [5, 5.41) is 18.4. The molecule has 0 aliphatic carbocycles. The lowest BCUT2D eigenvalue weighted by Gasteiger charge is -2.30. The van der Waals surface area contributed by atoms with E-state index in [1.54, 1.807) is 11.0 Å². The van der Waals surface area contributed by atoms with Crippen LogP contribution in [-0.2, 0) is 0 Å². The highest BCUT2D eigenvalue weighted by Gasteiger charge is 2.24. The van der Waals surface area contributed by atoms with Crippen molar-refractivity contribution in [3.05, 3.63) is 34.9 Å². The van der Waals surface area contributed by atoms with Gasteiger partial charge in [0.25, 0.3) is 5.91 Å². The molecule has 21 heavy (non-hydrogen) atoms. The van der Waals surface area contributed by atoms with Crippen LogP contribution >= 0.6 is 0 Å². The molecule has 0 radical (unpaired) electrons. The number of aliphatic hydroxyl groups excluding tert-OH is 2. The fourth-order valence-corrected chi connectivity index (χ4v) is 2.46. The molecule has 112 valence electrons. The largest absolute Gasteiger partial charge is 0.395 e. The Morgan fingerprint density at radius 2 is 2.29 bits per heavy atom. The van der Waals surface area contributed by atoms with E-state index in [0.29, 0.717) is 25.1 Å². The van der Waals surface area contributed by atoms with Crippen molar-refractivity contribution in [3.8, 4) is 11.8 Å². The minimum absolute atomic E-state index is 0.0380. The van der Waals surface area contributed by atoms with E-state index < -0.39 is 6.10 Å². The maximum atomic E-state index is 12.6. The van der Waals surface area contributed by atoms with E-state index in [1.807, 2.05) is 19.1 Å². The number of aliphatic hydroxyl groups is 2. The van der Waals surface area contributed by atoms with Gasteiger partial charge in [-0.2, -0.15) is 0 Å². The zero-order valence-corrected chi connectivity index (χ0v) is 12.3. The number of likely N-dealkylation sites (tertiary alicyclic amines) is 1. The summed E-state index contributed by atoms with van der Waals surface area (Å²) in [6, 6.07) is 5.56. The molecule has 1 atom stereocenters. The first-order valence-corrected chi connectivity index (χ1v) is 7.29. The normalized spacial score (nSPS) is 18.0. The number of carbonyl (C=O) groups is 1. The second-order valence-corrected chi connectivity index (χ2v) is 5.35. The van der Waals surface area contributed by atoms with Crippen LogP contribution in [0.3, 0.4) is 0 Å². The van der Waals surface area contributed by atoms with Crippen molar-refractivity contribution >= 4 is 5.91 Å². The zero-order chi connectivity index (χ0) is 15.2. The van der Waals surface area contributed by atoms with Gasteiger partial charge in [-0.15, -0.1) is 0 Å². The molecular weight excluding hydrogens is 266 g/mol. The standard InChI is InChI=1S/C17H21NO3/c1-13-7-8-14(5-2-3-10-19)11-16(13)17(21)18-9-4-6-15(20)12-18/h7-8,11,15,19-20H,3-4,6,9-10,12H2,1H3. The van der Waals surface area contributed by atoms with E-state index in [4.69, 9.17) is 5.11 Å². The molecule has 4 heteroatoms. The summed E-state index contributed by atoms with van der Waals surface area (Å²) in [6.07, 6.45) is 1.60. The molecule has 2 rings (SSSR count). The van der Waals surface area contributed by atoms with Crippen LogP contribution in [0.1, 0.15) is 40.7 Å². The third-order valence-electron chi connectivity index (χ3n) is 3.62. The van der Waals surface area contributed by atoms with Gasteiger partial charge in [0, 0.05) is 30.6 Å². The first-order valence-electron chi connectivity index (χ1n) is 7.29. The van der Waals surface area contributed by atoms with Crippen LogP contribution in [0.2, 0.25) is 0 Å². The third kappa shape index (κ3) is 4.07. The minimum atomic E-state index is -0.421. The van der Waals surface area contributed by atoms with Gasteiger partial charge in [-0.1, -0.05) is 17.9 Å². The zero-order valence-electron chi connectivity index (χ0n) is 12.3. The highest BCUT2D eigenvalue weighted by molar-refractivity contribution is 5.96. The van der Waals surface area contributed by atoms with Crippen molar-refractivity contribution in [2.75, 3.05) is 19.7 Å². The van der Waals surface area contributed by atoms with Crippen LogP contribution in [0.15, 0.2) is 18.2 Å². The van der Waals surface area contributed by atoms with Crippen LogP contribution in [-0.4, -0.2) is 46.8 Å². The van der Waals surface area contributed by atoms with Crippen molar-refractivity contribution in [1.82, 2.24) is 4.90 Å². The number of benzene rings is 1. The van der Waals surface area contributed by atoms with Crippen molar-refractivity contribution in [3.63, 3.8) is 0 Å². The fourth-order valence-electron chi connectivity index (χ4n) is 2.46. The minimum Gasteiger partial charge on any atom is -0.395 e. The molecule has 1 unspecified atom stereocenters. The van der Waals surface area contributed by atoms with Gasteiger partial charge in [0.05, 0.1) is 12.7 Å². The first-order chi connectivity index (χ1) is 10.1. The number of carbonyl (C=O) groups excluding carboxylic acids is 1. The Morgan fingerprint density at radius 1 is 1.48 bits per heavy atom. The van der Waals surface area contributed by atoms with Gasteiger partial charge in [0.15, 0.2) is 0 Å². The van der Waals surface area contributed by atoms with Gasteiger partial charge in [0.2, 0.25) is 0 Å². The Bertz CT molecular complexity index is 571. The molecule has 4 nitrogen and oxygen atoms in total. The summed E-state index contributed by atoms with van der Waals surface area (Å²) in [5.74, 6) is 5.76. The summed E-state index contributed by atoms with van der Waals surface area (Å²) in [5.41, 5.74) is 2.32. The Morgan fingerprint density at radius 3 is 3.00 bits per heavy atom.